The van der Waals surface area contributed by atoms with E-state index in [1.165, 1.54) is 0 Å². The molecule has 0 N–H and O–H groups in total. The van der Waals surface area contributed by atoms with Crippen LogP contribution in [0.1, 0.15) is 0 Å². The second-order valence-electron chi connectivity index (χ2n) is 5.01. The zero-order valence-electron chi connectivity index (χ0n) is 11.5. The molecule has 0 unspecified atom stereocenters. The van der Waals surface area contributed by atoms with E-state index in [0.29, 0.717) is 16.9 Å². The first-order chi connectivity index (χ1) is 10.3. The van der Waals surface area contributed by atoms with Gasteiger partial charge in [-0.15, -0.1) is 0 Å². The van der Waals surface area contributed by atoms with Crippen molar-refractivity contribution in [2.24, 2.45) is 7.05 Å². The fourth-order valence-electron chi connectivity index (χ4n) is 2.79. The van der Waals surface area contributed by atoms with Gasteiger partial charge in [-0.05, 0) is 24.3 Å². The third kappa shape index (κ3) is 1.72. The van der Waals surface area contributed by atoms with Crippen LogP contribution in [-0.2, 0) is 7.05 Å². The Kier molecular flexibility index (Phi) is 2.51. The molecule has 0 spiro atoms. The monoisotopic (exact) mass is 279 g/mol. The Balaban J connectivity index is 2.07. The van der Waals surface area contributed by atoms with Crippen molar-refractivity contribution in [1.82, 2.24) is 4.57 Å². The average Bonchev–Trinajstić information content (AvgIpc) is 2.99. The van der Waals surface area contributed by atoms with Crippen molar-refractivity contribution in [2.45, 2.75) is 0 Å². The zero-order valence-corrected chi connectivity index (χ0v) is 11.5. The molecule has 3 aromatic rings. The highest BCUT2D eigenvalue weighted by atomic mass is 16.7. The van der Waals surface area contributed by atoms with Crippen LogP contribution < -0.4 is 14.9 Å². The van der Waals surface area contributed by atoms with Crippen LogP contribution in [0.4, 0.5) is 0 Å². The Hall–Kier alpha value is -2.75. The molecule has 4 nitrogen and oxygen atoms in total. The molecule has 0 saturated carbocycles. The van der Waals surface area contributed by atoms with E-state index < -0.39 is 0 Å². The predicted octanol–water partition coefficient (Wildman–Crippen LogP) is 2.93. The molecule has 104 valence electrons. The van der Waals surface area contributed by atoms with E-state index in [2.05, 4.69) is 0 Å². The average molecular weight is 279 g/mol. The molecule has 0 amide bonds. The van der Waals surface area contributed by atoms with E-state index >= 15 is 0 Å². The third-order valence-corrected chi connectivity index (χ3v) is 3.83. The first kappa shape index (κ1) is 12.0. The van der Waals surface area contributed by atoms with Gasteiger partial charge in [0.15, 0.2) is 16.9 Å². The summed E-state index contributed by atoms with van der Waals surface area (Å²) < 4.78 is 13.0. The third-order valence-electron chi connectivity index (χ3n) is 3.83. The summed E-state index contributed by atoms with van der Waals surface area (Å²) in [5.41, 5.74) is 2.60. The summed E-state index contributed by atoms with van der Waals surface area (Å²) in [6.45, 7) is 0.216. The smallest absolute Gasteiger partial charge is 0.231 e. The minimum absolute atomic E-state index is 0.00946. The lowest BCUT2D eigenvalue weighted by atomic mass is 10.1. The van der Waals surface area contributed by atoms with Crippen LogP contribution in [0.15, 0.2) is 53.3 Å². The Morgan fingerprint density at radius 2 is 1.90 bits per heavy atom. The van der Waals surface area contributed by atoms with E-state index in [9.17, 15) is 4.79 Å². The molecule has 0 aliphatic carbocycles. The number of hydrogen-bond acceptors (Lipinski definition) is 3. The maximum atomic E-state index is 12.3. The highest BCUT2D eigenvalue weighted by Crippen LogP contribution is 2.41. The van der Waals surface area contributed by atoms with Crippen LogP contribution in [0, 0.1) is 0 Å². The number of aryl methyl sites for hydroxylation is 1. The molecular weight excluding hydrogens is 266 g/mol. The number of fused-ring (bicyclic) bond motifs is 2. The van der Waals surface area contributed by atoms with Gasteiger partial charge in [0.25, 0.3) is 0 Å². The van der Waals surface area contributed by atoms with Gasteiger partial charge < -0.3 is 14.0 Å². The molecule has 4 heteroatoms. The summed E-state index contributed by atoms with van der Waals surface area (Å²) in [5, 5.41) is 0.716. The Morgan fingerprint density at radius 1 is 1.05 bits per heavy atom. The predicted molar refractivity (Wildman–Crippen MR) is 80.7 cm³/mol. The van der Waals surface area contributed by atoms with Crippen LogP contribution in [0.25, 0.3) is 22.2 Å². The molecule has 1 aliphatic heterocycles. The molecule has 2 heterocycles. The van der Waals surface area contributed by atoms with E-state index in [1.54, 1.807) is 6.07 Å². The summed E-state index contributed by atoms with van der Waals surface area (Å²) >= 11 is 0. The molecule has 0 fully saturated rings. The lowest BCUT2D eigenvalue weighted by Gasteiger charge is -2.13. The van der Waals surface area contributed by atoms with E-state index in [4.69, 9.17) is 9.47 Å². The lowest BCUT2D eigenvalue weighted by molar-refractivity contribution is 0.174. The molecular formula is C17H13NO3. The van der Waals surface area contributed by atoms with Gasteiger partial charge >= 0.3 is 0 Å². The van der Waals surface area contributed by atoms with Crippen LogP contribution in [0.5, 0.6) is 11.5 Å². The van der Waals surface area contributed by atoms with Gasteiger partial charge in [-0.2, -0.15) is 0 Å². The molecule has 0 atom stereocenters. The number of ether oxygens (including phenoxy) is 2. The standard InChI is InChI=1S/C17H13NO3/c1-18-13-7-3-2-5-11(13)15(19)9-14(18)12-6-4-8-16-17(12)21-10-20-16/h2-9H,10H2,1H3. The van der Waals surface area contributed by atoms with Crippen LogP contribution in [0.2, 0.25) is 0 Å². The molecule has 4 rings (SSSR count). The molecule has 0 bridgehead atoms. The number of para-hydroxylation sites is 2. The number of hydrogen-bond donors (Lipinski definition) is 0. The summed E-state index contributed by atoms with van der Waals surface area (Å²) in [7, 11) is 1.95. The van der Waals surface area contributed by atoms with Crippen LogP contribution >= 0.6 is 0 Å². The van der Waals surface area contributed by atoms with Gasteiger partial charge in [-0.25, -0.2) is 0 Å². The second kappa shape index (κ2) is 4.38. The maximum absolute atomic E-state index is 12.3. The van der Waals surface area contributed by atoms with Gasteiger partial charge in [0.05, 0.1) is 11.2 Å². The zero-order chi connectivity index (χ0) is 14.4. The van der Waals surface area contributed by atoms with Crippen molar-refractivity contribution in [3.63, 3.8) is 0 Å². The molecule has 1 aromatic heterocycles. The van der Waals surface area contributed by atoms with Crippen molar-refractivity contribution in [3.8, 4) is 22.8 Å². The van der Waals surface area contributed by atoms with Crippen molar-refractivity contribution >= 4 is 10.9 Å². The van der Waals surface area contributed by atoms with Crippen molar-refractivity contribution < 1.29 is 9.47 Å². The fourth-order valence-corrected chi connectivity index (χ4v) is 2.79. The lowest BCUT2D eigenvalue weighted by Crippen LogP contribution is -2.09. The molecule has 2 aromatic carbocycles. The second-order valence-corrected chi connectivity index (χ2v) is 5.01. The summed E-state index contributed by atoms with van der Waals surface area (Å²) in [6, 6.07) is 15.0. The number of nitrogens with zero attached hydrogens (tertiary/aromatic N) is 1. The topological polar surface area (TPSA) is 40.5 Å². The number of benzene rings is 2. The first-order valence-electron chi connectivity index (χ1n) is 6.73. The largest absolute Gasteiger partial charge is 0.454 e. The number of rotatable bonds is 1. The van der Waals surface area contributed by atoms with E-state index in [0.717, 1.165) is 16.8 Å². The quantitative estimate of drug-likeness (QED) is 0.687. The molecule has 21 heavy (non-hydrogen) atoms. The molecule has 0 radical (unpaired) electrons. The molecule has 0 saturated heterocycles. The summed E-state index contributed by atoms with van der Waals surface area (Å²) in [6.07, 6.45) is 0. The fraction of sp³-hybridized carbons (Fsp3) is 0.118. The highest BCUT2D eigenvalue weighted by molar-refractivity contribution is 5.84. The van der Waals surface area contributed by atoms with Crippen molar-refractivity contribution in [1.29, 1.82) is 0 Å². The minimum Gasteiger partial charge on any atom is -0.454 e. The van der Waals surface area contributed by atoms with Gasteiger partial charge in [0, 0.05) is 24.1 Å². The summed E-state index contributed by atoms with van der Waals surface area (Å²) in [5.74, 6) is 1.41. The SMILES string of the molecule is Cn1c(-c2cccc3c2OCO3)cc(=O)c2ccccc21. The van der Waals surface area contributed by atoms with Crippen LogP contribution in [-0.4, -0.2) is 11.4 Å². The van der Waals surface area contributed by atoms with Crippen molar-refractivity contribution in [3.05, 3.63) is 58.8 Å². The van der Waals surface area contributed by atoms with Gasteiger partial charge in [0.1, 0.15) is 0 Å². The number of aromatic nitrogens is 1. The van der Waals surface area contributed by atoms with Gasteiger partial charge in [-0.3, -0.25) is 4.79 Å². The Labute approximate surface area is 121 Å². The molecule has 1 aliphatic rings. The Morgan fingerprint density at radius 3 is 2.81 bits per heavy atom. The van der Waals surface area contributed by atoms with Gasteiger partial charge in [-0.1, -0.05) is 18.2 Å². The normalized spacial score (nSPS) is 12.8. The number of pyridine rings is 1. The maximum Gasteiger partial charge on any atom is 0.231 e. The van der Waals surface area contributed by atoms with Crippen molar-refractivity contribution in [2.75, 3.05) is 6.79 Å². The minimum atomic E-state index is 0.00946. The van der Waals surface area contributed by atoms with Crippen LogP contribution in [0.3, 0.4) is 0 Å². The van der Waals surface area contributed by atoms with E-state index in [1.807, 2.05) is 54.1 Å². The van der Waals surface area contributed by atoms with E-state index in [-0.39, 0.29) is 12.2 Å². The summed E-state index contributed by atoms with van der Waals surface area (Å²) in [4.78, 5) is 12.3. The first-order valence-corrected chi connectivity index (χ1v) is 6.73. The highest BCUT2D eigenvalue weighted by Gasteiger charge is 2.20. The Bertz CT molecular complexity index is 912. The van der Waals surface area contributed by atoms with Gasteiger partial charge in [0.2, 0.25) is 6.79 Å².